The molecule has 0 aliphatic rings. The molecule has 0 rings (SSSR count). The molecule has 0 saturated carbocycles. The van der Waals surface area contributed by atoms with Gasteiger partial charge in [-0.2, -0.15) is 13.8 Å². The smallest absolute Gasteiger partial charge is 1.00 e. The second kappa shape index (κ2) is 25.1. The summed E-state index contributed by atoms with van der Waals surface area (Å²) in [6.45, 7) is 4.00. The van der Waals surface area contributed by atoms with Crippen LogP contribution in [-0.2, 0) is 0 Å². The third-order valence-corrected chi connectivity index (χ3v) is 0. The van der Waals surface area contributed by atoms with Crippen molar-refractivity contribution < 1.29 is 12.4 Å². The predicted octanol–water partition coefficient (Wildman–Crippen LogP) is -2.15. The van der Waals surface area contributed by atoms with Gasteiger partial charge in [-0.3, -0.25) is 0 Å². The first-order chi connectivity index (χ1) is 1.41. The molecule has 28 valence electrons. The molecule has 0 aromatic rings. The minimum atomic E-state index is 0. The van der Waals surface area contributed by atoms with Crippen LogP contribution in [0.3, 0.4) is 0 Å². The van der Waals surface area contributed by atoms with Crippen molar-refractivity contribution in [1.82, 2.24) is 0 Å². The predicted molar refractivity (Wildman–Crippen MR) is 21.4 cm³/mol. The summed E-state index contributed by atoms with van der Waals surface area (Å²) in [4.78, 5) is 0. The largest absolute Gasteiger partial charge is 2.00 e. The first-order valence-corrected chi connectivity index (χ1v) is 1.15. The standard InChI is InChI=1S/C3H7.Be.ClH/c1-3-2;;/h3H,1-2H3;;1H/q-1;+2;/p-1. The Morgan fingerprint density at radius 2 is 1.20 bits per heavy atom. The first-order valence-electron chi connectivity index (χ1n) is 1.15. The molecule has 0 amide bonds. The van der Waals surface area contributed by atoms with E-state index in [9.17, 15) is 0 Å². The maximum Gasteiger partial charge on any atom is 2.00 e. The van der Waals surface area contributed by atoms with Gasteiger partial charge in [-0.05, 0) is 0 Å². The van der Waals surface area contributed by atoms with Gasteiger partial charge < -0.3 is 18.8 Å². The van der Waals surface area contributed by atoms with Crippen LogP contribution in [0.5, 0.6) is 0 Å². The summed E-state index contributed by atoms with van der Waals surface area (Å²) in [6.07, 6.45) is 2.00. The van der Waals surface area contributed by atoms with Gasteiger partial charge in [-0.1, -0.05) is 0 Å². The van der Waals surface area contributed by atoms with Crippen LogP contribution in [0.25, 0.3) is 0 Å². The number of rotatable bonds is 0. The van der Waals surface area contributed by atoms with Gasteiger partial charge in [-0.25, -0.2) is 0 Å². The van der Waals surface area contributed by atoms with Crippen LogP contribution in [0.1, 0.15) is 13.8 Å². The van der Waals surface area contributed by atoms with E-state index in [-0.39, 0.29) is 22.5 Å². The number of hydrogen-bond donors (Lipinski definition) is 0. The molecule has 0 saturated heterocycles. The topological polar surface area (TPSA) is 0 Å². The fourth-order valence-electron chi connectivity index (χ4n) is 0. The summed E-state index contributed by atoms with van der Waals surface area (Å²) < 4.78 is 0. The van der Waals surface area contributed by atoms with Crippen molar-refractivity contribution in [2.24, 2.45) is 0 Å². The number of halogens is 1. The third kappa shape index (κ3) is 128. The summed E-state index contributed by atoms with van der Waals surface area (Å²) in [5.41, 5.74) is 0. The summed E-state index contributed by atoms with van der Waals surface area (Å²) in [7, 11) is 0. The Hall–Kier alpha value is 0.459. The summed E-state index contributed by atoms with van der Waals surface area (Å²) in [5, 5.41) is 0. The first kappa shape index (κ1) is 18.0. The molecule has 0 aromatic heterocycles. The monoisotopic (exact) mass is 87.0 g/mol. The van der Waals surface area contributed by atoms with Crippen LogP contribution >= 0.6 is 0 Å². The van der Waals surface area contributed by atoms with Gasteiger partial charge in [0.05, 0.1) is 0 Å². The van der Waals surface area contributed by atoms with E-state index in [4.69, 9.17) is 0 Å². The molecule has 0 bridgehead atoms. The molecule has 0 aliphatic heterocycles. The molecule has 0 radical (unpaired) electrons. The summed E-state index contributed by atoms with van der Waals surface area (Å²) in [5.74, 6) is 0. The van der Waals surface area contributed by atoms with Crippen molar-refractivity contribution in [3.8, 4) is 0 Å². The van der Waals surface area contributed by atoms with Gasteiger partial charge in [-0.15, -0.1) is 0 Å². The van der Waals surface area contributed by atoms with Crippen LogP contribution in [0.2, 0.25) is 0 Å². The van der Waals surface area contributed by atoms with Crippen LogP contribution in [0.15, 0.2) is 0 Å². The quantitative estimate of drug-likeness (QED) is 0.234. The maximum absolute atomic E-state index is 2.00. The molecule has 0 unspecified atom stereocenters. The Morgan fingerprint density at radius 1 is 1.20 bits per heavy atom. The van der Waals surface area contributed by atoms with E-state index in [0.29, 0.717) is 0 Å². The zero-order valence-electron chi connectivity index (χ0n) is 3.66. The Kier molecular flexibility index (Phi) is 90.0. The van der Waals surface area contributed by atoms with Crippen molar-refractivity contribution in [1.29, 1.82) is 0 Å². The van der Waals surface area contributed by atoms with Crippen LogP contribution in [-0.4, -0.2) is 10.1 Å². The average Bonchev–Trinajstić information content (AvgIpc) is 0.918. The van der Waals surface area contributed by atoms with E-state index in [1.807, 2.05) is 20.3 Å². The van der Waals surface area contributed by atoms with Crippen molar-refractivity contribution >= 4 is 10.1 Å². The molecule has 5 heavy (non-hydrogen) atoms. The Labute approximate surface area is 43.6 Å². The Morgan fingerprint density at radius 3 is 1.20 bits per heavy atom. The molecule has 0 heterocycles. The summed E-state index contributed by atoms with van der Waals surface area (Å²) in [6, 6.07) is 0. The van der Waals surface area contributed by atoms with Gasteiger partial charge >= 0.3 is 10.1 Å². The van der Waals surface area contributed by atoms with Crippen molar-refractivity contribution in [2.75, 3.05) is 0 Å². The van der Waals surface area contributed by atoms with Gasteiger partial charge in [0.2, 0.25) is 0 Å². The van der Waals surface area contributed by atoms with E-state index in [1.165, 1.54) is 0 Å². The van der Waals surface area contributed by atoms with Crippen LogP contribution < -0.4 is 12.4 Å². The molecule has 0 fully saturated rings. The van der Waals surface area contributed by atoms with Gasteiger partial charge in [0.1, 0.15) is 0 Å². The van der Waals surface area contributed by atoms with Crippen molar-refractivity contribution in [3.05, 3.63) is 6.42 Å². The van der Waals surface area contributed by atoms with E-state index >= 15 is 0 Å². The van der Waals surface area contributed by atoms with Gasteiger partial charge in [0.25, 0.3) is 0 Å². The fourth-order valence-corrected chi connectivity index (χ4v) is 0. The normalized spacial score (nSPS) is 3.60. The van der Waals surface area contributed by atoms with E-state index in [1.54, 1.807) is 0 Å². The van der Waals surface area contributed by atoms with Crippen LogP contribution in [0, 0.1) is 6.42 Å². The minimum Gasteiger partial charge on any atom is -1.00 e. The van der Waals surface area contributed by atoms with Crippen molar-refractivity contribution in [2.45, 2.75) is 13.8 Å². The molecule has 0 spiro atoms. The molecule has 2 heteroatoms. The fraction of sp³-hybridized carbons (Fsp3) is 0.667. The molecular formula is C3H7BeCl. The van der Waals surface area contributed by atoms with Crippen LogP contribution in [0.4, 0.5) is 0 Å². The second-order valence-corrected chi connectivity index (χ2v) is 0.577. The molecule has 0 atom stereocenters. The van der Waals surface area contributed by atoms with Crippen molar-refractivity contribution in [3.63, 3.8) is 0 Å². The molecule has 0 N–H and O–H groups in total. The van der Waals surface area contributed by atoms with Gasteiger partial charge in [0.15, 0.2) is 0 Å². The van der Waals surface area contributed by atoms with E-state index < -0.39 is 0 Å². The molecular weight excluding hydrogens is 80.5 g/mol. The maximum atomic E-state index is 2.00. The molecule has 0 aliphatic carbocycles. The third-order valence-electron chi connectivity index (χ3n) is 0. The number of hydrogen-bond acceptors (Lipinski definition) is 0. The average molecular weight is 87.6 g/mol. The summed E-state index contributed by atoms with van der Waals surface area (Å²) >= 11 is 0. The van der Waals surface area contributed by atoms with E-state index in [0.717, 1.165) is 0 Å². The Balaban J connectivity index is -0.0000000200. The molecule has 0 aromatic carbocycles. The second-order valence-electron chi connectivity index (χ2n) is 0.577. The molecule has 0 nitrogen and oxygen atoms in total. The Bertz CT molecular complexity index is 6.85. The van der Waals surface area contributed by atoms with Gasteiger partial charge in [0, 0.05) is 0 Å². The zero-order valence-corrected chi connectivity index (χ0v) is 4.42. The van der Waals surface area contributed by atoms with E-state index in [2.05, 4.69) is 0 Å². The SMILES string of the molecule is C[CH-]C.[Be+2].[Cl-]. The zero-order chi connectivity index (χ0) is 2.71. The minimum absolute atomic E-state index is 0.